The maximum absolute atomic E-state index is 12.4. The zero-order valence-electron chi connectivity index (χ0n) is 12.5. The molecule has 0 saturated carbocycles. The molecule has 22 heavy (non-hydrogen) atoms. The van der Waals surface area contributed by atoms with Crippen molar-refractivity contribution in [1.82, 2.24) is 4.98 Å². The van der Waals surface area contributed by atoms with Gasteiger partial charge in [-0.2, -0.15) is 0 Å². The van der Waals surface area contributed by atoms with Gasteiger partial charge in [-0.3, -0.25) is 4.79 Å². The first-order chi connectivity index (χ1) is 10.6. The highest BCUT2D eigenvalue weighted by molar-refractivity contribution is 6.06. The number of carbonyl (C=O) groups excluding carboxylic acids is 2. The molecule has 0 saturated heterocycles. The Hall–Kier alpha value is -2.89. The second kappa shape index (κ2) is 6.71. The topological polar surface area (TPSA) is 77.5 Å². The monoisotopic (exact) mass is 300 g/mol. The molecule has 0 fully saturated rings. The maximum Gasteiger partial charge on any atom is 0.338 e. The van der Waals surface area contributed by atoms with E-state index in [-0.39, 0.29) is 11.5 Å². The van der Waals surface area contributed by atoms with Crippen LogP contribution in [0.5, 0.6) is 5.75 Å². The van der Waals surface area contributed by atoms with Crippen LogP contribution in [0.15, 0.2) is 36.5 Å². The van der Waals surface area contributed by atoms with Gasteiger partial charge in [0.05, 0.1) is 19.8 Å². The number of pyridine rings is 1. The van der Waals surface area contributed by atoms with Crippen molar-refractivity contribution in [3.8, 4) is 5.75 Å². The number of anilines is 1. The number of nitrogens with one attached hydrogen (secondary N) is 1. The third kappa shape index (κ3) is 3.22. The second-order valence-corrected chi connectivity index (χ2v) is 4.51. The molecular weight excluding hydrogens is 284 g/mol. The molecule has 0 radical (unpaired) electrons. The fourth-order valence-electron chi connectivity index (χ4n) is 1.99. The molecule has 1 amide bonds. The van der Waals surface area contributed by atoms with E-state index in [0.29, 0.717) is 22.7 Å². The Balaban J connectivity index is 2.40. The third-order valence-corrected chi connectivity index (χ3v) is 3.15. The van der Waals surface area contributed by atoms with E-state index in [9.17, 15) is 9.59 Å². The van der Waals surface area contributed by atoms with Gasteiger partial charge in [0.15, 0.2) is 0 Å². The lowest BCUT2D eigenvalue weighted by molar-refractivity contribution is 0.0600. The van der Waals surface area contributed by atoms with E-state index in [2.05, 4.69) is 10.3 Å². The van der Waals surface area contributed by atoms with Gasteiger partial charge >= 0.3 is 5.97 Å². The average Bonchev–Trinajstić information content (AvgIpc) is 2.55. The molecule has 2 aromatic rings. The smallest absolute Gasteiger partial charge is 0.338 e. The van der Waals surface area contributed by atoms with Crippen molar-refractivity contribution in [2.24, 2.45) is 0 Å². The Morgan fingerprint density at radius 3 is 2.55 bits per heavy atom. The molecule has 0 aliphatic carbocycles. The van der Waals surface area contributed by atoms with Crippen molar-refractivity contribution < 1.29 is 19.1 Å². The first kappa shape index (κ1) is 15.5. The molecule has 0 unspecified atom stereocenters. The lowest BCUT2D eigenvalue weighted by atomic mass is 10.0. The predicted octanol–water partition coefficient (Wildman–Crippen LogP) is 2.44. The maximum atomic E-state index is 12.4. The molecule has 6 nitrogen and oxygen atoms in total. The van der Waals surface area contributed by atoms with Crippen molar-refractivity contribution >= 4 is 17.7 Å². The molecule has 1 heterocycles. The summed E-state index contributed by atoms with van der Waals surface area (Å²) < 4.78 is 9.91. The fraction of sp³-hybridized carbons (Fsp3) is 0.188. The second-order valence-electron chi connectivity index (χ2n) is 4.51. The summed E-state index contributed by atoms with van der Waals surface area (Å²) in [5.41, 5.74) is 1.20. The first-order valence-corrected chi connectivity index (χ1v) is 6.56. The molecule has 0 atom stereocenters. The van der Waals surface area contributed by atoms with E-state index < -0.39 is 5.97 Å². The Labute approximate surface area is 128 Å². The van der Waals surface area contributed by atoms with Crippen LogP contribution in [0.1, 0.15) is 26.3 Å². The Kier molecular flexibility index (Phi) is 4.73. The molecule has 0 spiro atoms. The van der Waals surface area contributed by atoms with E-state index >= 15 is 0 Å². The molecule has 0 aliphatic rings. The number of hydrogen-bond donors (Lipinski definition) is 1. The number of aromatic nitrogens is 1. The Bertz CT molecular complexity index is 699. The summed E-state index contributed by atoms with van der Waals surface area (Å²) in [7, 11) is 2.76. The van der Waals surface area contributed by atoms with E-state index in [4.69, 9.17) is 9.47 Å². The van der Waals surface area contributed by atoms with Gasteiger partial charge in [-0.25, -0.2) is 9.78 Å². The van der Waals surface area contributed by atoms with E-state index in [1.165, 1.54) is 20.3 Å². The first-order valence-electron chi connectivity index (χ1n) is 6.56. The van der Waals surface area contributed by atoms with Crippen LogP contribution in [-0.4, -0.2) is 31.1 Å². The van der Waals surface area contributed by atoms with Crippen LogP contribution >= 0.6 is 0 Å². The number of ether oxygens (including phenoxy) is 2. The predicted molar refractivity (Wildman–Crippen MR) is 81.3 cm³/mol. The standard InChI is InChI=1S/C16H16N2O4/c1-10-12(15(19)18-14-6-4-5-7-17-14)8-11(16(20)22-3)9-13(10)21-2/h4-9H,1-3H3,(H,17,18,19). The molecule has 0 bridgehead atoms. The van der Waals surface area contributed by atoms with Gasteiger partial charge in [0.25, 0.3) is 5.91 Å². The van der Waals surface area contributed by atoms with Crippen molar-refractivity contribution in [1.29, 1.82) is 0 Å². The molecule has 2 rings (SSSR count). The number of amides is 1. The van der Waals surface area contributed by atoms with Gasteiger partial charge in [0.2, 0.25) is 0 Å². The largest absolute Gasteiger partial charge is 0.496 e. The van der Waals surface area contributed by atoms with Crippen LogP contribution in [0.25, 0.3) is 0 Å². The van der Waals surface area contributed by atoms with Gasteiger partial charge in [-0.1, -0.05) is 6.07 Å². The van der Waals surface area contributed by atoms with Gasteiger partial charge in [-0.15, -0.1) is 0 Å². The lowest BCUT2D eigenvalue weighted by Gasteiger charge is -2.12. The van der Waals surface area contributed by atoms with Crippen LogP contribution < -0.4 is 10.1 Å². The molecule has 114 valence electrons. The Morgan fingerprint density at radius 1 is 1.18 bits per heavy atom. The summed E-state index contributed by atoms with van der Waals surface area (Å²) in [6, 6.07) is 8.21. The van der Waals surface area contributed by atoms with Gasteiger partial charge in [-0.05, 0) is 31.2 Å². The zero-order valence-corrected chi connectivity index (χ0v) is 12.5. The normalized spacial score (nSPS) is 9.95. The molecular formula is C16H16N2O4. The lowest BCUT2D eigenvalue weighted by Crippen LogP contribution is -2.16. The molecule has 6 heteroatoms. The van der Waals surface area contributed by atoms with Gasteiger partial charge < -0.3 is 14.8 Å². The number of nitrogens with zero attached hydrogens (tertiary/aromatic N) is 1. The summed E-state index contributed by atoms with van der Waals surface area (Å²) in [4.78, 5) is 28.1. The quantitative estimate of drug-likeness (QED) is 0.877. The van der Waals surface area contributed by atoms with E-state index in [0.717, 1.165) is 0 Å². The summed E-state index contributed by atoms with van der Waals surface area (Å²) >= 11 is 0. The molecule has 1 aromatic carbocycles. The van der Waals surface area contributed by atoms with Crippen molar-refractivity contribution in [2.45, 2.75) is 6.92 Å². The SMILES string of the molecule is COC(=O)c1cc(OC)c(C)c(C(=O)Nc2ccccn2)c1. The highest BCUT2D eigenvalue weighted by Gasteiger charge is 2.18. The van der Waals surface area contributed by atoms with Crippen LogP contribution in [0.4, 0.5) is 5.82 Å². The third-order valence-electron chi connectivity index (χ3n) is 3.15. The van der Waals surface area contributed by atoms with Gasteiger partial charge in [0, 0.05) is 17.3 Å². The van der Waals surface area contributed by atoms with Crippen LogP contribution in [0.2, 0.25) is 0 Å². The minimum atomic E-state index is -0.537. The number of methoxy groups -OCH3 is 2. The highest BCUT2D eigenvalue weighted by Crippen LogP contribution is 2.25. The van der Waals surface area contributed by atoms with Crippen molar-refractivity contribution in [3.05, 3.63) is 53.2 Å². The van der Waals surface area contributed by atoms with Crippen molar-refractivity contribution in [2.75, 3.05) is 19.5 Å². The van der Waals surface area contributed by atoms with Gasteiger partial charge in [0.1, 0.15) is 11.6 Å². The van der Waals surface area contributed by atoms with E-state index in [1.54, 1.807) is 37.4 Å². The molecule has 1 aromatic heterocycles. The fourth-order valence-corrected chi connectivity index (χ4v) is 1.99. The number of hydrogen-bond acceptors (Lipinski definition) is 5. The average molecular weight is 300 g/mol. The van der Waals surface area contributed by atoms with Crippen molar-refractivity contribution in [3.63, 3.8) is 0 Å². The highest BCUT2D eigenvalue weighted by atomic mass is 16.5. The summed E-state index contributed by atoms with van der Waals surface area (Å²) in [6.45, 7) is 1.74. The summed E-state index contributed by atoms with van der Waals surface area (Å²) in [5.74, 6) is -0.0474. The number of rotatable bonds is 4. The number of esters is 1. The summed E-state index contributed by atoms with van der Waals surface area (Å²) in [5, 5.41) is 2.68. The minimum absolute atomic E-state index is 0.246. The van der Waals surface area contributed by atoms with Crippen LogP contribution in [0, 0.1) is 6.92 Å². The number of carbonyl (C=O) groups is 2. The Morgan fingerprint density at radius 2 is 1.95 bits per heavy atom. The summed E-state index contributed by atoms with van der Waals surface area (Å²) in [6.07, 6.45) is 1.58. The minimum Gasteiger partial charge on any atom is -0.496 e. The van der Waals surface area contributed by atoms with Crippen LogP contribution in [0.3, 0.4) is 0 Å². The number of benzene rings is 1. The molecule has 1 N–H and O–H groups in total. The van der Waals surface area contributed by atoms with E-state index in [1.807, 2.05) is 0 Å². The van der Waals surface area contributed by atoms with Crippen LogP contribution in [-0.2, 0) is 4.74 Å². The molecule has 0 aliphatic heterocycles. The zero-order chi connectivity index (χ0) is 16.1.